The van der Waals surface area contributed by atoms with Gasteiger partial charge in [-0.1, -0.05) is 18.2 Å². The Bertz CT molecular complexity index is 395. The summed E-state index contributed by atoms with van der Waals surface area (Å²) in [6.07, 6.45) is -9.04. The third-order valence-electron chi connectivity index (χ3n) is 2.34. The fourth-order valence-corrected chi connectivity index (χ4v) is 1.51. The summed E-state index contributed by atoms with van der Waals surface area (Å²) < 4.78 is 73.8. The molecule has 0 amide bonds. The van der Waals surface area contributed by atoms with Crippen molar-refractivity contribution >= 4 is 0 Å². The van der Waals surface area contributed by atoms with Gasteiger partial charge < -0.3 is 5.32 Å². The van der Waals surface area contributed by atoms with Crippen LogP contribution in [0.4, 0.5) is 26.3 Å². The van der Waals surface area contributed by atoms with Gasteiger partial charge in [0.05, 0.1) is 12.1 Å². The lowest BCUT2D eigenvalue weighted by atomic mass is 10.0. The van der Waals surface area contributed by atoms with Crippen LogP contribution < -0.4 is 5.32 Å². The van der Waals surface area contributed by atoms with Crippen LogP contribution in [-0.2, 0) is 6.18 Å². The molecule has 1 aromatic rings. The third-order valence-corrected chi connectivity index (χ3v) is 2.34. The second-order valence-electron chi connectivity index (χ2n) is 3.80. The molecule has 7 heteroatoms. The topological polar surface area (TPSA) is 12.0 Å². The van der Waals surface area contributed by atoms with Gasteiger partial charge in [0.1, 0.15) is 0 Å². The molecule has 1 unspecified atom stereocenters. The van der Waals surface area contributed by atoms with E-state index in [1.165, 1.54) is 19.1 Å². The van der Waals surface area contributed by atoms with Crippen molar-refractivity contribution in [3.8, 4) is 0 Å². The van der Waals surface area contributed by atoms with Gasteiger partial charge in [-0.3, -0.25) is 0 Å². The van der Waals surface area contributed by atoms with Crippen molar-refractivity contribution in [1.29, 1.82) is 0 Å². The molecule has 0 aliphatic heterocycles. The SMILES string of the molecule is CC(NCC(F)(F)F)c1ccccc1C(F)(F)F. The van der Waals surface area contributed by atoms with Crippen molar-refractivity contribution in [3.63, 3.8) is 0 Å². The number of benzene rings is 1. The van der Waals surface area contributed by atoms with Gasteiger partial charge in [-0.15, -0.1) is 0 Å². The molecular formula is C11H11F6N. The smallest absolute Gasteiger partial charge is 0.302 e. The lowest BCUT2D eigenvalue weighted by Crippen LogP contribution is -2.31. The minimum Gasteiger partial charge on any atom is -0.302 e. The van der Waals surface area contributed by atoms with Crippen LogP contribution in [0.5, 0.6) is 0 Å². The highest BCUT2D eigenvalue weighted by atomic mass is 19.4. The zero-order chi connectivity index (χ0) is 14.0. The molecule has 1 rings (SSSR count). The number of hydrogen-bond donors (Lipinski definition) is 1. The van der Waals surface area contributed by atoms with Gasteiger partial charge in [0.15, 0.2) is 0 Å². The van der Waals surface area contributed by atoms with Crippen LogP contribution in [0.1, 0.15) is 24.1 Å². The quantitative estimate of drug-likeness (QED) is 0.822. The molecule has 0 aliphatic rings. The molecule has 0 aromatic heterocycles. The molecule has 0 heterocycles. The number of rotatable bonds is 3. The summed E-state index contributed by atoms with van der Waals surface area (Å²) >= 11 is 0. The molecule has 1 N–H and O–H groups in total. The fraction of sp³-hybridized carbons (Fsp3) is 0.455. The van der Waals surface area contributed by atoms with E-state index in [1.54, 1.807) is 0 Å². The van der Waals surface area contributed by atoms with Crippen LogP contribution in [0.2, 0.25) is 0 Å². The zero-order valence-corrected chi connectivity index (χ0v) is 9.36. The Morgan fingerprint density at radius 3 is 2.11 bits per heavy atom. The van der Waals surface area contributed by atoms with Gasteiger partial charge in [-0.05, 0) is 18.6 Å². The van der Waals surface area contributed by atoms with Crippen molar-refractivity contribution < 1.29 is 26.3 Å². The molecule has 0 aliphatic carbocycles. The Hall–Kier alpha value is -1.24. The highest BCUT2D eigenvalue weighted by Gasteiger charge is 2.35. The molecule has 0 spiro atoms. The van der Waals surface area contributed by atoms with Crippen LogP contribution in [0, 0.1) is 0 Å². The number of nitrogens with one attached hydrogen (secondary N) is 1. The first kappa shape index (κ1) is 14.8. The maximum Gasteiger partial charge on any atom is 0.416 e. The fourth-order valence-electron chi connectivity index (χ4n) is 1.51. The molecule has 102 valence electrons. The highest BCUT2D eigenvalue weighted by molar-refractivity contribution is 5.32. The zero-order valence-electron chi connectivity index (χ0n) is 9.36. The maximum atomic E-state index is 12.6. The molecule has 0 saturated carbocycles. The van der Waals surface area contributed by atoms with Gasteiger partial charge in [-0.2, -0.15) is 26.3 Å². The second kappa shape index (κ2) is 5.17. The first-order valence-corrected chi connectivity index (χ1v) is 5.07. The normalized spacial score (nSPS) is 14.6. The number of alkyl halides is 6. The highest BCUT2D eigenvalue weighted by Crippen LogP contribution is 2.34. The predicted molar refractivity (Wildman–Crippen MR) is 53.9 cm³/mol. The Kier molecular flexibility index (Phi) is 4.26. The van der Waals surface area contributed by atoms with Crippen LogP contribution in [0.3, 0.4) is 0 Å². The van der Waals surface area contributed by atoms with E-state index in [2.05, 4.69) is 0 Å². The van der Waals surface area contributed by atoms with Crippen LogP contribution in [0.15, 0.2) is 24.3 Å². The van der Waals surface area contributed by atoms with E-state index in [1.807, 2.05) is 5.32 Å². The largest absolute Gasteiger partial charge is 0.416 e. The van der Waals surface area contributed by atoms with Gasteiger partial charge in [-0.25, -0.2) is 0 Å². The van der Waals surface area contributed by atoms with E-state index in [0.29, 0.717) is 0 Å². The summed E-state index contributed by atoms with van der Waals surface area (Å²) in [4.78, 5) is 0. The van der Waals surface area contributed by atoms with Crippen LogP contribution >= 0.6 is 0 Å². The van der Waals surface area contributed by atoms with Gasteiger partial charge in [0, 0.05) is 6.04 Å². The van der Waals surface area contributed by atoms with Crippen LogP contribution in [-0.4, -0.2) is 12.7 Å². The Morgan fingerprint density at radius 2 is 1.61 bits per heavy atom. The number of hydrogen-bond acceptors (Lipinski definition) is 1. The summed E-state index contributed by atoms with van der Waals surface area (Å²) in [5.74, 6) is 0. The average Bonchev–Trinajstić information content (AvgIpc) is 2.24. The monoisotopic (exact) mass is 271 g/mol. The first-order chi connectivity index (χ1) is 8.11. The van der Waals surface area contributed by atoms with E-state index < -0.39 is 30.5 Å². The molecule has 0 bridgehead atoms. The van der Waals surface area contributed by atoms with E-state index in [9.17, 15) is 26.3 Å². The molecular weight excluding hydrogens is 260 g/mol. The van der Waals surface area contributed by atoms with Crippen molar-refractivity contribution in [2.24, 2.45) is 0 Å². The van der Waals surface area contributed by atoms with Gasteiger partial charge in [0.2, 0.25) is 0 Å². The summed E-state index contributed by atoms with van der Waals surface area (Å²) in [6.45, 7) is -0.0727. The molecule has 1 atom stereocenters. The predicted octanol–water partition coefficient (Wildman–Crippen LogP) is 3.92. The molecule has 0 radical (unpaired) electrons. The summed E-state index contributed by atoms with van der Waals surface area (Å²) in [7, 11) is 0. The molecule has 18 heavy (non-hydrogen) atoms. The van der Waals surface area contributed by atoms with E-state index in [4.69, 9.17) is 0 Å². The van der Waals surface area contributed by atoms with Gasteiger partial charge >= 0.3 is 12.4 Å². The Balaban J connectivity index is 2.89. The molecule has 0 saturated heterocycles. The van der Waals surface area contributed by atoms with Crippen molar-refractivity contribution in [3.05, 3.63) is 35.4 Å². The Morgan fingerprint density at radius 1 is 1.06 bits per heavy atom. The minimum atomic E-state index is -4.58. The van der Waals surface area contributed by atoms with Crippen molar-refractivity contribution in [2.45, 2.75) is 25.3 Å². The minimum absolute atomic E-state index is 0.200. The summed E-state index contributed by atoms with van der Waals surface area (Å²) in [5, 5.41) is 2.03. The van der Waals surface area contributed by atoms with E-state index in [0.717, 1.165) is 12.1 Å². The lowest BCUT2D eigenvalue weighted by Gasteiger charge is -2.20. The number of halogens is 6. The van der Waals surface area contributed by atoms with Crippen molar-refractivity contribution in [1.82, 2.24) is 5.32 Å². The van der Waals surface area contributed by atoms with E-state index >= 15 is 0 Å². The van der Waals surface area contributed by atoms with Gasteiger partial charge in [0.25, 0.3) is 0 Å². The lowest BCUT2D eigenvalue weighted by molar-refractivity contribution is -0.138. The maximum absolute atomic E-state index is 12.6. The second-order valence-corrected chi connectivity index (χ2v) is 3.80. The van der Waals surface area contributed by atoms with Crippen LogP contribution in [0.25, 0.3) is 0 Å². The van der Waals surface area contributed by atoms with E-state index in [-0.39, 0.29) is 5.56 Å². The molecule has 1 nitrogen and oxygen atoms in total. The van der Waals surface area contributed by atoms with Crippen molar-refractivity contribution in [2.75, 3.05) is 6.54 Å². The summed E-state index contributed by atoms with van der Waals surface area (Å²) in [5.41, 5.74) is -1.12. The average molecular weight is 271 g/mol. The standard InChI is InChI=1S/C11H11F6N/c1-7(18-6-10(12,13)14)8-4-2-3-5-9(8)11(15,16)17/h2-5,7,18H,6H2,1H3. The summed E-state index contributed by atoms with van der Waals surface area (Å²) in [6, 6.07) is 3.53. The Labute approximate surface area is 99.8 Å². The molecule has 0 fully saturated rings. The molecule has 1 aromatic carbocycles. The third kappa shape index (κ3) is 4.21. The first-order valence-electron chi connectivity index (χ1n) is 5.07.